The predicted molar refractivity (Wildman–Crippen MR) is 126 cm³/mol. The molecule has 0 heterocycles. The van der Waals surface area contributed by atoms with Crippen molar-refractivity contribution in [1.82, 2.24) is 0 Å². The molecule has 0 aliphatic carbocycles. The van der Waals surface area contributed by atoms with Gasteiger partial charge in [0.1, 0.15) is 6.10 Å². The zero-order valence-corrected chi connectivity index (χ0v) is 19.5. The number of methoxy groups -OCH3 is 1. The molecule has 0 radical (unpaired) electrons. The number of carbonyl (C=O) groups excluding carboxylic acids is 2. The largest absolute Gasteiger partial charge is 0.374 e. The van der Waals surface area contributed by atoms with E-state index < -0.39 is 0 Å². The Morgan fingerprint density at radius 1 is 0.700 bits per heavy atom. The average Bonchev–Trinajstić information content (AvgIpc) is 2.76. The number of unbranched alkanes of at least 4 members (excludes halogenated alkanes) is 13. The third-order valence-electron chi connectivity index (χ3n) is 5.95. The van der Waals surface area contributed by atoms with Crippen LogP contribution in [0.3, 0.4) is 0 Å². The second-order valence-corrected chi connectivity index (χ2v) is 8.61. The lowest BCUT2D eigenvalue weighted by Gasteiger charge is -2.11. The van der Waals surface area contributed by atoms with Gasteiger partial charge in [-0.05, 0) is 19.8 Å². The lowest BCUT2D eigenvalue weighted by molar-refractivity contribution is -0.127. The first-order chi connectivity index (χ1) is 14.6. The monoisotopic (exact) mass is 416 g/mol. The summed E-state index contributed by atoms with van der Waals surface area (Å²) in [5.41, 5.74) is 0.852. The maximum Gasteiger partial charge on any atom is 0.162 e. The van der Waals surface area contributed by atoms with Crippen LogP contribution in [0.25, 0.3) is 0 Å². The van der Waals surface area contributed by atoms with E-state index in [-0.39, 0.29) is 17.7 Å². The molecule has 3 heteroatoms. The first-order valence-corrected chi connectivity index (χ1v) is 12.3. The Bertz CT molecular complexity index is 552. The quantitative estimate of drug-likeness (QED) is 0.161. The Morgan fingerprint density at radius 2 is 1.13 bits per heavy atom. The van der Waals surface area contributed by atoms with Gasteiger partial charge in [0.05, 0.1) is 0 Å². The molecule has 30 heavy (non-hydrogen) atoms. The molecule has 0 saturated carbocycles. The van der Waals surface area contributed by atoms with Gasteiger partial charge in [-0.2, -0.15) is 0 Å². The molecule has 0 fully saturated rings. The third kappa shape index (κ3) is 13.7. The van der Waals surface area contributed by atoms with E-state index >= 15 is 0 Å². The summed E-state index contributed by atoms with van der Waals surface area (Å²) in [6, 6.07) is 9.65. The molecule has 0 aliphatic heterocycles. The Hall–Kier alpha value is -1.48. The van der Waals surface area contributed by atoms with Crippen LogP contribution < -0.4 is 0 Å². The number of benzene rings is 1. The number of rotatable bonds is 20. The highest BCUT2D eigenvalue weighted by Crippen LogP contribution is 2.15. The smallest absolute Gasteiger partial charge is 0.162 e. The average molecular weight is 417 g/mol. The van der Waals surface area contributed by atoms with Crippen molar-refractivity contribution in [2.24, 2.45) is 0 Å². The van der Waals surface area contributed by atoms with Crippen molar-refractivity contribution in [3.8, 4) is 0 Å². The number of ketones is 2. The maximum absolute atomic E-state index is 12.0. The van der Waals surface area contributed by atoms with Gasteiger partial charge in [0.15, 0.2) is 11.6 Å². The lowest BCUT2D eigenvalue weighted by atomic mass is 10.0. The van der Waals surface area contributed by atoms with Gasteiger partial charge in [0.2, 0.25) is 0 Å². The van der Waals surface area contributed by atoms with Crippen LogP contribution >= 0.6 is 0 Å². The van der Waals surface area contributed by atoms with Gasteiger partial charge in [0, 0.05) is 19.1 Å². The molecule has 0 aliphatic rings. The number of carbonyl (C=O) groups is 2. The Labute approximate surface area is 185 Å². The zero-order chi connectivity index (χ0) is 21.9. The Kier molecular flexibility index (Phi) is 16.2. The normalized spacial score (nSPS) is 12.1. The molecular formula is C27H44O3. The van der Waals surface area contributed by atoms with Crippen LogP contribution in [0.2, 0.25) is 0 Å². The number of ether oxygens (including phenoxy) is 1. The summed E-state index contributed by atoms with van der Waals surface area (Å²) < 4.78 is 5.19. The zero-order valence-electron chi connectivity index (χ0n) is 19.5. The van der Waals surface area contributed by atoms with Crippen LogP contribution in [0, 0.1) is 0 Å². The fourth-order valence-electron chi connectivity index (χ4n) is 3.99. The second kappa shape index (κ2) is 18.3. The van der Waals surface area contributed by atoms with Crippen molar-refractivity contribution >= 4 is 11.6 Å². The predicted octanol–water partition coefficient (Wildman–Crippen LogP) is 7.71. The van der Waals surface area contributed by atoms with Crippen LogP contribution in [0.15, 0.2) is 30.3 Å². The molecule has 1 rings (SSSR count). The summed E-state index contributed by atoms with van der Waals surface area (Å²) in [6.07, 6.45) is 19.2. The van der Waals surface area contributed by atoms with E-state index in [1.807, 2.05) is 30.3 Å². The molecule has 170 valence electrons. The van der Waals surface area contributed by atoms with Crippen LogP contribution in [-0.4, -0.2) is 24.8 Å². The SMILES string of the molecule is COC(CCCCCCCCCCCCCCCCC(=O)c1ccccc1)C(C)=O. The summed E-state index contributed by atoms with van der Waals surface area (Å²) in [7, 11) is 1.63. The Morgan fingerprint density at radius 3 is 1.57 bits per heavy atom. The van der Waals surface area contributed by atoms with Crippen LogP contribution in [0.1, 0.15) is 120 Å². The topological polar surface area (TPSA) is 43.4 Å². The van der Waals surface area contributed by atoms with Gasteiger partial charge in [-0.3, -0.25) is 9.59 Å². The molecular weight excluding hydrogens is 372 g/mol. The van der Waals surface area contributed by atoms with Gasteiger partial charge in [0.25, 0.3) is 0 Å². The molecule has 0 aromatic heterocycles. The highest BCUT2D eigenvalue weighted by molar-refractivity contribution is 5.95. The van der Waals surface area contributed by atoms with Crippen LogP contribution in [0.4, 0.5) is 0 Å². The van der Waals surface area contributed by atoms with Gasteiger partial charge < -0.3 is 4.74 Å². The van der Waals surface area contributed by atoms with E-state index in [1.54, 1.807) is 14.0 Å². The minimum Gasteiger partial charge on any atom is -0.374 e. The molecule has 1 aromatic rings. The minimum absolute atomic E-state index is 0.149. The number of Topliss-reactive ketones (excluding diaryl/α,β-unsaturated/α-hetero) is 2. The van der Waals surface area contributed by atoms with Crippen molar-refractivity contribution in [2.75, 3.05) is 7.11 Å². The Balaban J connectivity index is 1.78. The molecule has 1 aromatic carbocycles. The van der Waals surface area contributed by atoms with Gasteiger partial charge in [-0.1, -0.05) is 114 Å². The van der Waals surface area contributed by atoms with Crippen molar-refractivity contribution in [3.05, 3.63) is 35.9 Å². The van der Waals surface area contributed by atoms with Crippen LogP contribution in [0.5, 0.6) is 0 Å². The minimum atomic E-state index is -0.193. The van der Waals surface area contributed by atoms with Gasteiger partial charge in [-0.25, -0.2) is 0 Å². The van der Waals surface area contributed by atoms with E-state index in [1.165, 1.54) is 77.0 Å². The van der Waals surface area contributed by atoms with E-state index in [2.05, 4.69) is 0 Å². The molecule has 0 N–H and O–H groups in total. The number of hydrogen-bond donors (Lipinski definition) is 0. The van der Waals surface area contributed by atoms with Gasteiger partial charge in [-0.15, -0.1) is 0 Å². The van der Waals surface area contributed by atoms with E-state index in [4.69, 9.17) is 4.74 Å². The first-order valence-electron chi connectivity index (χ1n) is 12.3. The standard InChI is InChI=1S/C27H44O3/c1-24(28)27(30-2)23-19-14-12-10-8-6-4-3-5-7-9-11-13-18-22-26(29)25-20-16-15-17-21-25/h15-17,20-21,27H,3-14,18-19,22-23H2,1-2H3. The molecule has 1 atom stereocenters. The summed E-state index contributed by atoms with van der Waals surface area (Å²) in [6.45, 7) is 1.61. The summed E-state index contributed by atoms with van der Waals surface area (Å²) >= 11 is 0. The highest BCUT2D eigenvalue weighted by Gasteiger charge is 2.11. The maximum atomic E-state index is 12.0. The fraction of sp³-hybridized carbons (Fsp3) is 0.704. The highest BCUT2D eigenvalue weighted by atomic mass is 16.5. The van der Waals surface area contributed by atoms with Crippen LogP contribution in [-0.2, 0) is 9.53 Å². The van der Waals surface area contributed by atoms with Crippen molar-refractivity contribution in [1.29, 1.82) is 0 Å². The third-order valence-corrected chi connectivity index (χ3v) is 5.95. The van der Waals surface area contributed by atoms with E-state index in [0.29, 0.717) is 6.42 Å². The van der Waals surface area contributed by atoms with Gasteiger partial charge >= 0.3 is 0 Å². The van der Waals surface area contributed by atoms with E-state index in [9.17, 15) is 9.59 Å². The molecule has 3 nitrogen and oxygen atoms in total. The molecule has 1 unspecified atom stereocenters. The van der Waals surface area contributed by atoms with Crippen molar-refractivity contribution in [3.63, 3.8) is 0 Å². The summed E-state index contributed by atoms with van der Waals surface area (Å²) in [5, 5.41) is 0. The number of hydrogen-bond acceptors (Lipinski definition) is 3. The summed E-state index contributed by atoms with van der Waals surface area (Å²) in [5.74, 6) is 0.432. The molecule has 0 saturated heterocycles. The van der Waals surface area contributed by atoms with E-state index in [0.717, 1.165) is 24.8 Å². The van der Waals surface area contributed by atoms with Crippen molar-refractivity contribution < 1.29 is 14.3 Å². The second-order valence-electron chi connectivity index (χ2n) is 8.61. The molecule has 0 bridgehead atoms. The molecule has 0 amide bonds. The molecule has 0 spiro atoms. The fourth-order valence-corrected chi connectivity index (χ4v) is 3.99. The first kappa shape index (κ1) is 26.6. The van der Waals surface area contributed by atoms with Crippen molar-refractivity contribution in [2.45, 2.75) is 116 Å². The lowest BCUT2D eigenvalue weighted by Crippen LogP contribution is -2.19. The summed E-state index contributed by atoms with van der Waals surface area (Å²) in [4.78, 5) is 23.3.